The molecule has 0 atom stereocenters. The Bertz CT molecular complexity index is 121. The van der Waals surface area contributed by atoms with E-state index < -0.39 is 0 Å². The Morgan fingerprint density at radius 2 is 2.20 bits per heavy atom. The Balaban J connectivity index is 2.09. The second-order valence-corrected chi connectivity index (χ2v) is 2.69. The highest BCUT2D eigenvalue weighted by Gasteiger charge is 2.11. The summed E-state index contributed by atoms with van der Waals surface area (Å²) >= 11 is 0. The maximum Gasteiger partial charge on any atom is 0.176 e. The van der Waals surface area contributed by atoms with Crippen molar-refractivity contribution >= 4 is 0 Å². The van der Waals surface area contributed by atoms with Gasteiger partial charge in [-0.05, 0) is 31.8 Å². The van der Waals surface area contributed by atoms with Gasteiger partial charge in [-0.3, -0.25) is 0 Å². The third-order valence-electron chi connectivity index (χ3n) is 1.93. The van der Waals surface area contributed by atoms with Gasteiger partial charge in [0.05, 0.1) is 0 Å². The van der Waals surface area contributed by atoms with Gasteiger partial charge in [0.15, 0.2) is 6.19 Å². The van der Waals surface area contributed by atoms with E-state index in [1.54, 1.807) is 0 Å². The molecule has 10 heavy (non-hydrogen) atoms. The van der Waals surface area contributed by atoms with Gasteiger partial charge in [0.25, 0.3) is 0 Å². The van der Waals surface area contributed by atoms with Crippen molar-refractivity contribution in [3.8, 4) is 6.19 Å². The van der Waals surface area contributed by atoms with Crippen LogP contribution >= 0.6 is 0 Å². The predicted octanol–water partition coefficient (Wildman–Crippen LogP) is 0.0567. The van der Waals surface area contributed by atoms with Crippen LogP contribution in [0.2, 0.25) is 0 Å². The highest BCUT2D eigenvalue weighted by atomic mass is 14.9. The van der Waals surface area contributed by atoms with E-state index in [9.17, 15) is 0 Å². The van der Waals surface area contributed by atoms with E-state index in [4.69, 9.17) is 5.26 Å². The van der Waals surface area contributed by atoms with Crippen molar-refractivity contribution < 1.29 is 0 Å². The average molecular weight is 139 g/mol. The summed E-state index contributed by atoms with van der Waals surface area (Å²) < 4.78 is 0. The van der Waals surface area contributed by atoms with E-state index in [1.807, 2.05) is 6.19 Å². The molecule has 0 aromatic rings. The number of nitrogens with one attached hydrogen (secondary N) is 2. The average Bonchev–Trinajstić information content (AvgIpc) is 2.03. The summed E-state index contributed by atoms with van der Waals surface area (Å²) in [5.74, 6) is 0.709. The summed E-state index contributed by atoms with van der Waals surface area (Å²) in [4.78, 5) is 0. The van der Waals surface area contributed by atoms with E-state index >= 15 is 0 Å². The van der Waals surface area contributed by atoms with E-state index in [0.717, 1.165) is 19.6 Å². The molecule has 3 heteroatoms. The van der Waals surface area contributed by atoms with Crippen molar-refractivity contribution in [1.29, 1.82) is 5.26 Å². The van der Waals surface area contributed by atoms with Gasteiger partial charge in [-0.2, -0.15) is 5.26 Å². The van der Waals surface area contributed by atoms with E-state index in [1.165, 1.54) is 12.8 Å². The van der Waals surface area contributed by atoms with E-state index in [2.05, 4.69) is 10.6 Å². The van der Waals surface area contributed by atoms with Gasteiger partial charge >= 0.3 is 0 Å². The predicted molar refractivity (Wildman–Crippen MR) is 39.2 cm³/mol. The number of rotatable bonds is 2. The molecular weight excluding hydrogens is 126 g/mol. The third-order valence-corrected chi connectivity index (χ3v) is 1.93. The minimum absolute atomic E-state index is 0.709. The van der Waals surface area contributed by atoms with Crippen LogP contribution < -0.4 is 10.6 Å². The largest absolute Gasteiger partial charge is 0.324 e. The Morgan fingerprint density at radius 1 is 1.50 bits per heavy atom. The van der Waals surface area contributed by atoms with Crippen molar-refractivity contribution in [2.24, 2.45) is 5.92 Å². The second kappa shape index (κ2) is 4.13. The molecule has 3 nitrogen and oxygen atoms in total. The van der Waals surface area contributed by atoms with Crippen molar-refractivity contribution in [3.05, 3.63) is 0 Å². The van der Waals surface area contributed by atoms with E-state index in [0.29, 0.717) is 5.92 Å². The van der Waals surface area contributed by atoms with Gasteiger partial charge in [-0.1, -0.05) is 0 Å². The molecule has 0 unspecified atom stereocenters. The number of nitriles is 1. The van der Waals surface area contributed by atoms with Gasteiger partial charge in [0, 0.05) is 6.54 Å². The molecule has 0 radical (unpaired) electrons. The minimum Gasteiger partial charge on any atom is -0.324 e. The molecule has 0 aromatic heterocycles. The molecule has 1 aliphatic rings. The number of hydrogen-bond acceptors (Lipinski definition) is 3. The number of piperidine rings is 1. The van der Waals surface area contributed by atoms with Crippen LogP contribution in [0, 0.1) is 17.4 Å². The maximum atomic E-state index is 8.22. The first-order valence-corrected chi connectivity index (χ1v) is 3.76. The Kier molecular flexibility index (Phi) is 3.04. The molecule has 56 valence electrons. The number of nitrogens with zero attached hydrogens (tertiary/aromatic N) is 1. The molecular formula is C7H13N3. The summed E-state index contributed by atoms with van der Waals surface area (Å²) in [6.07, 6.45) is 4.35. The summed E-state index contributed by atoms with van der Waals surface area (Å²) in [5.41, 5.74) is 0. The van der Waals surface area contributed by atoms with Crippen LogP contribution in [-0.2, 0) is 0 Å². The lowest BCUT2D eigenvalue weighted by Gasteiger charge is -2.21. The zero-order valence-corrected chi connectivity index (χ0v) is 6.06. The highest BCUT2D eigenvalue weighted by molar-refractivity contribution is 4.74. The molecule has 0 spiro atoms. The van der Waals surface area contributed by atoms with Gasteiger partial charge in [0.2, 0.25) is 0 Å². The molecule has 2 N–H and O–H groups in total. The Labute approximate surface area is 61.4 Å². The van der Waals surface area contributed by atoms with Crippen molar-refractivity contribution in [3.63, 3.8) is 0 Å². The first-order chi connectivity index (χ1) is 4.93. The summed E-state index contributed by atoms with van der Waals surface area (Å²) in [5, 5.41) is 14.2. The lowest BCUT2D eigenvalue weighted by Crippen LogP contribution is -2.32. The van der Waals surface area contributed by atoms with Gasteiger partial charge < -0.3 is 10.6 Å². The van der Waals surface area contributed by atoms with Crippen LogP contribution in [-0.4, -0.2) is 19.6 Å². The molecule has 0 bridgehead atoms. The third kappa shape index (κ3) is 2.24. The minimum atomic E-state index is 0.709. The second-order valence-electron chi connectivity index (χ2n) is 2.69. The number of hydrogen-bond donors (Lipinski definition) is 2. The van der Waals surface area contributed by atoms with Crippen LogP contribution in [0.25, 0.3) is 0 Å². The van der Waals surface area contributed by atoms with Crippen LogP contribution in [0.4, 0.5) is 0 Å². The lowest BCUT2D eigenvalue weighted by atomic mass is 9.98. The van der Waals surface area contributed by atoms with Crippen LogP contribution in [0.5, 0.6) is 0 Å². The molecule has 0 amide bonds. The van der Waals surface area contributed by atoms with Crippen molar-refractivity contribution in [2.75, 3.05) is 19.6 Å². The Hall–Kier alpha value is -0.750. The molecule has 0 aromatic carbocycles. The molecule has 0 saturated carbocycles. The Morgan fingerprint density at radius 3 is 2.80 bits per heavy atom. The van der Waals surface area contributed by atoms with Gasteiger partial charge in [-0.25, -0.2) is 0 Å². The quantitative estimate of drug-likeness (QED) is 0.420. The molecule has 1 fully saturated rings. The fourth-order valence-electron chi connectivity index (χ4n) is 1.28. The fourth-order valence-corrected chi connectivity index (χ4v) is 1.28. The molecule has 1 saturated heterocycles. The summed E-state index contributed by atoms with van der Waals surface area (Å²) in [7, 11) is 0. The SMILES string of the molecule is N#CNCC1CCNCC1. The zero-order chi connectivity index (χ0) is 7.23. The van der Waals surface area contributed by atoms with Crippen LogP contribution in [0.3, 0.4) is 0 Å². The van der Waals surface area contributed by atoms with Crippen molar-refractivity contribution in [2.45, 2.75) is 12.8 Å². The topological polar surface area (TPSA) is 47.9 Å². The van der Waals surface area contributed by atoms with Gasteiger partial charge in [0.1, 0.15) is 0 Å². The first kappa shape index (κ1) is 7.36. The highest BCUT2D eigenvalue weighted by Crippen LogP contribution is 2.09. The van der Waals surface area contributed by atoms with E-state index in [-0.39, 0.29) is 0 Å². The smallest absolute Gasteiger partial charge is 0.176 e. The summed E-state index contributed by atoms with van der Waals surface area (Å²) in [6.45, 7) is 3.08. The van der Waals surface area contributed by atoms with Crippen LogP contribution in [0.15, 0.2) is 0 Å². The lowest BCUT2D eigenvalue weighted by molar-refractivity contribution is 0.370. The molecule has 1 aliphatic heterocycles. The summed E-state index contributed by atoms with van der Waals surface area (Å²) in [6, 6.07) is 0. The monoisotopic (exact) mass is 139 g/mol. The van der Waals surface area contributed by atoms with Crippen molar-refractivity contribution in [1.82, 2.24) is 10.6 Å². The zero-order valence-electron chi connectivity index (χ0n) is 6.06. The van der Waals surface area contributed by atoms with Gasteiger partial charge in [-0.15, -0.1) is 0 Å². The standard InChI is InChI=1S/C7H13N3/c8-6-10-5-7-1-3-9-4-2-7/h7,9-10H,1-5H2. The fraction of sp³-hybridized carbons (Fsp3) is 0.857. The normalized spacial score (nSPS) is 19.9. The molecule has 1 heterocycles. The molecule has 1 rings (SSSR count). The maximum absolute atomic E-state index is 8.22. The van der Waals surface area contributed by atoms with Crippen LogP contribution in [0.1, 0.15) is 12.8 Å². The molecule has 0 aliphatic carbocycles. The first-order valence-electron chi connectivity index (χ1n) is 3.76.